The number of carbonyl (C=O) groups is 2. The Labute approximate surface area is 192 Å². The number of aryl methyl sites for hydroxylation is 2. The molecule has 0 saturated heterocycles. The van der Waals surface area contributed by atoms with Crippen molar-refractivity contribution >= 4 is 34.7 Å². The molecular formula is C27H23ClN2O2. The van der Waals surface area contributed by atoms with E-state index in [4.69, 9.17) is 11.6 Å². The van der Waals surface area contributed by atoms with Crippen LogP contribution in [0.15, 0.2) is 72.4 Å². The largest absolute Gasteiger partial charge is 0.362 e. The highest BCUT2D eigenvalue weighted by Gasteiger charge is 2.43. The van der Waals surface area contributed by atoms with E-state index in [1.54, 1.807) is 12.1 Å². The van der Waals surface area contributed by atoms with Gasteiger partial charge < -0.3 is 4.90 Å². The van der Waals surface area contributed by atoms with E-state index in [1.807, 2.05) is 61.2 Å². The lowest BCUT2D eigenvalue weighted by Crippen LogP contribution is -2.37. The summed E-state index contributed by atoms with van der Waals surface area (Å²) in [6, 6.07) is 21.3. The molecule has 0 fully saturated rings. The Morgan fingerprint density at radius 3 is 2.28 bits per heavy atom. The highest BCUT2D eigenvalue weighted by Crippen LogP contribution is 2.37. The number of hydrogen-bond acceptors (Lipinski definition) is 3. The number of hydrogen-bond donors (Lipinski definition) is 0. The molecule has 0 aliphatic carbocycles. The minimum atomic E-state index is -0.312. The van der Waals surface area contributed by atoms with Crippen LogP contribution < -0.4 is 4.90 Å². The van der Waals surface area contributed by atoms with Crippen molar-refractivity contribution in [1.29, 1.82) is 0 Å². The molecular weight excluding hydrogens is 420 g/mol. The molecule has 0 saturated carbocycles. The summed E-state index contributed by atoms with van der Waals surface area (Å²) < 4.78 is 0. The topological polar surface area (TPSA) is 40.6 Å². The van der Waals surface area contributed by atoms with Gasteiger partial charge in [0.15, 0.2) is 0 Å². The number of benzene rings is 3. The zero-order chi connectivity index (χ0) is 22.4. The fraction of sp³-hybridized carbons (Fsp3) is 0.185. The summed E-state index contributed by atoms with van der Waals surface area (Å²) in [6.07, 6.45) is 0.832. The van der Waals surface area contributed by atoms with Gasteiger partial charge in [-0.2, -0.15) is 0 Å². The normalized spacial score (nSPS) is 16.1. The van der Waals surface area contributed by atoms with Crippen LogP contribution >= 0.6 is 11.6 Å². The molecule has 2 aliphatic rings. The maximum atomic E-state index is 13.7. The van der Waals surface area contributed by atoms with Crippen LogP contribution in [0.4, 0.5) is 5.69 Å². The molecule has 0 atom stereocenters. The van der Waals surface area contributed by atoms with Crippen molar-refractivity contribution in [2.75, 3.05) is 11.4 Å². The minimum Gasteiger partial charge on any atom is -0.362 e. The molecule has 0 N–H and O–H groups in total. The van der Waals surface area contributed by atoms with Crippen molar-refractivity contribution in [1.82, 2.24) is 4.90 Å². The summed E-state index contributed by atoms with van der Waals surface area (Å²) >= 11 is 6.33. The minimum absolute atomic E-state index is 0.301. The van der Waals surface area contributed by atoms with Gasteiger partial charge in [-0.25, -0.2) is 4.90 Å². The number of halogens is 1. The summed E-state index contributed by atoms with van der Waals surface area (Å²) in [5, 5.41) is 0.528. The monoisotopic (exact) mass is 442 g/mol. The number of fused-ring (bicyclic) bond motifs is 1. The van der Waals surface area contributed by atoms with Crippen molar-refractivity contribution in [3.05, 3.63) is 105 Å². The van der Waals surface area contributed by atoms with E-state index in [9.17, 15) is 9.59 Å². The predicted octanol–water partition coefficient (Wildman–Crippen LogP) is 5.30. The van der Waals surface area contributed by atoms with Gasteiger partial charge in [0.2, 0.25) is 0 Å². The molecule has 5 heteroatoms. The predicted molar refractivity (Wildman–Crippen MR) is 127 cm³/mol. The lowest BCUT2D eigenvalue weighted by atomic mass is 9.97. The molecule has 32 heavy (non-hydrogen) atoms. The number of anilines is 1. The van der Waals surface area contributed by atoms with Crippen LogP contribution in [0.2, 0.25) is 5.02 Å². The third kappa shape index (κ3) is 3.41. The average molecular weight is 443 g/mol. The smallest absolute Gasteiger partial charge is 0.282 e. The second-order valence-corrected chi connectivity index (χ2v) is 8.82. The van der Waals surface area contributed by atoms with E-state index < -0.39 is 0 Å². The van der Waals surface area contributed by atoms with Crippen LogP contribution in [0.5, 0.6) is 0 Å². The summed E-state index contributed by atoms with van der Waals surface area (Å²) in [5.74, 6) is -0.613. The molecule has 3 aromatic carbocycles. The molecule has 5 rings (SSSR count). The summed E-state index contributed by atoms with van der Waals surface area (Å²) in [7, 11) is 0. The van der Waals surface area contributed by atoms with Crippen molar-refractivity contribution in [2.24, 2.45) is 0 Å². The molecule has 0 unspecified atom stereocenters. The van der Waals surface area contributed by atoms with Crippen molar-refractivity contribution < 1.29 is 9.59 Å². The molecule has 2 amide bonds. The number of rotatable bonds is 3. The first-order chi connectivity index (χ1) is 15.4. The van der Waals surface area contributed by atoms with Gasteiger partial charge in [-0.1, -0.05) is 71.8 Å². The quantitative estimate of drug-likeness (QED) is 0.517. The van der Waals surface area contributed by atoms with Gasteiger partial charge in [-0.15, -0.1) is 0 Å². The molecule has 160 valence electrons. The van der Waals surface area contributed by atoms with Gasteiger partial charge in [-0.3, -0.25) is 9.59 Å². The summed E-state index contributed by atoms with van der Waals surface area (Å²) in [5.41, 5.74) is 6.63. The third-order valence-electron chi connectivity index (χ3n) is 6.26. The van der Waals surface area contributed by atoms with Crippen LogP contribution in [-0.2, 0) is 22.6 Å². The summed E-state index contributed by atoms with van der Waals surface area (Å²) in [6.45, 7) is 5.18. The first-order valence-corrected chi connectivity index (χ1v) is 11.1. The molecule has 0 bridgehead atoms. The van der Waals surface area contributed by atoms with E-state index in [2.05, 4.69) is 12.1 Å². The van der Waals surface area contributed by atoms with Crippen LogP contribution in [0, 0.1) is 13.8 Å². The summed E-state index contributed by atoms with van der Waals surface area (Å²) in [4.78, 5) is 30.7. The Bertz CT molecular complexity index is 1280. The first-order valence-electron chi connectivity index (χ1n) is 10.7. The first kappa shape index (κ1) is 20.5. The van der Waals surface area contributed by atoms with Gasteiger partial charge >= 0.3 is 0 Å². The van der Waals surface area contributed by atoms with E-state index in [0.717, 1.165) is 23.1 Å². The Hall–Kier alpha value is -3.37. The number of carbonyl (C=O) groups excluding carboxylic acids is 2. The number of nitrogens with zero attached hydrogens (tertiary/aromatic N) is 2. The zero-order valence-corrected chi connectivity index (χ0v) is 18.8. The third-order valence-corrected chi connectivity index (χ3v) is 6.67. The van der Waals surface area contributed by atoms with Gasteiger partial charge in [-0.05, 0) is 54.7 Å². The fourth-order valence-electron chi connectivity index (χ4n) is 4.43. The Morgan fingerprint density at radius 1 is 0.844 bits per heavy atom. The van der Waals surface area contributed by atoms with E-state index in [0.29, 0.717) is 35.1 Å². The molecule has 4 nitrogen and oxygen atoms in total. The average Bonchev–Trinajstić information content (AvgIpc) is 3.06. The lowest BCUT2D eigenvalue weighted by Gasteiger charge is -2.31. The van der Waals surface area contributed by atoms with Crippen molar-refractivity contribution in [3.63, 3.8) is 0 Å². The lowest BCUT2D eigenvalue weighted by molar-refractivity contribution is -0.120. The van der Waals surface area contributed by atoms with Gasteiger partial charge in [0.05, 0.1) is 11.3 Å². The Balaban J connectivity index is 1.62. The SMILES string of the molecule is Cc1ccc(C2=C(N3CCc4ccccc4C3)C(=O)N(c3ccc(C)c(Cl)c3)C2=O)cc1. The molecule has 0 aromatic heterocycles. The van der Waals surface area contributed by atoms with Crippen molar-refractivity contribution in [3.8, 4) is 0 Å². The highest BCUT2D eigenvalue weighted by molar-refractivity contribution is 6.45. The van der Waals surface area contributed by atoms with E-state index >= 15 is 0 Å². The molecule has 0 radical (unpaired) electrons. The zero-order valence-electron chi connectivity index (χ0n) is 18.1. The molecule has 3 aromatic rings. The van der Waals surface area contributed by atoms with Gasteiger partial charge in [0, 0.05) is 18.1 Å². The second kappa shape index (κ2) is 7.95. The van der Waals surface area contributed by atoms with Crippen molar-refractivity contribution in [2.45, 2.75) is 26.8 Å². The van der Waals surface area contributed by atoms with Crippen LogP contribution in [0.3, 0.4) is 0 Å². The Morgan fingerprint density at radius 2 is 1.56 bits per heavy atom. The van der Waals surface area contributed by atoms with Crippen LogP contribution in [0.25, 0.3) is 5.57 Å². The van der Waals surface area contributed by atoms with Crippen LogP contribution in [-0.4, -0.2) is 23.3 Å². The maximum absolute atomic E-state index is 13.7. The number of imide groups is 1. The fourth-order valence-corrected chi connectivity index (χ4v) is 4.61. The van der Waals surface area contributed by atoms with Crippen LogP contribution in [0.1, 0.15) is 27.8 Å². The van der Waals surface area contributed by atoms with Gasteiger partial charge in [0.25, 0.3) is 11.8 Å². The van der Waals surface area contributed by atoms with E-state index in [-0.39, 0.29) is 11.8 Å². The standard InChI is InChI=1S/C27H23ClN2O2/c1-17-7-10-20(11-8-17)24-25(29-14-13-19-5-3-4-6-21(19)16-29)27(32)30(26(24)31)22-12-9-18(2)23(28)15-22/h3-12,15H,13-14,16H2,1-2H3. The molecule has 0 spiro atoms. The highest BCUT2D eigenvalue weighted by atomic mass is 35.5. The Kier molecular flexibility index (Phi) is 5.10. The maximum Gasteiger partial charge on any atom is 0.282 e. The van der Waals surface area contributed by atoms with E-state index in [1.165, 1.54) is 16.0 Å². The molecule has 2 heterocycles. The molecule has 2 aliphatic heterocycles. The van der Waals surface area contributed by atoms with Gasteiger partial charge in [0.1, 0.15) is 5.70 Å². The second-order valence-electron chi connectivity index (χ2n) is 8.41. The number of amides is 2.